The van der Waals surface area contributed by atoms with Gasteiger partial charge in [-0.3, -0.25) is 0 Å². The van der Waals surface area contributed by atoms with Crippen molar-refractivity contribution in [1.29, 1.82) is 0 Å². The highest BCUT2D eigenvalue weighted by molar-refractivity contribution is 5.87. The van der Waals surface area contributed by atoms with Gasteiger partial charge in [-0.15, -0.1) is 0 Å². The number of aromatic nitrogens is 1. The first-order valence-electron chi connectivity index (χ1n) is 6.50. The van der Waals surface area contributed by atoms with E-state index < -0.39 is 5.97 Å². The summed E-state index contributed by atoms with van der Waals surface area (Å²) in [4.78, 5) is 17.5. The van der Waals surface area contributed by atoms with Crippen molar-refractivity contribution in [3.8, 4) is 0 Å². The number of anilines is 1. The molecule has 0 amide bonds. The quantitative estimate of drug-likeness (QED) is 0.785. The highest BCUT2D eigenvalue weighted by Crippen LogP contribution is 2.17. The first kappa shape index (κ1) is 14.1. The zero-order valence-electron chi connectivity index (χ0n) is 11.9. The molecule has 2 aromatic rings. The van der Waals surface area contributed by atoms with Crippen LogP contribution in [0.1, 0.15) is 28.5 Å². The number of oxazole rings is 1. The third kappa shape index (κ3) is 3.17. The molecule has 2 rings (SSSR count). The summed E-state index contributed by atoms with van der Waals surface area (Å²) in [6, 6.07) is 8.51. The summed E-state index contributed by atoms with van der Waals surface area (Å²) in [5.41, 5.74) is 2.58. The largest absolute Gasteiger partial charge is 0.461 e. The molecule has 0 unspecified atom stereocenters. The molecule has 1 heterocycles. The van der Waals surface area contributed by atoms with Crippen LogP contribution in [0.25, 0.3) is 0 Å². The number of rotatable bonds is 5. The lowest BCUT2D eigenvalue weighted by Crippen LogP contribution is -2.17. The van der Waals surface area contributed by atoms with Gasteiger partial charge in [0.05, 0.1) is 6.61 Å². The van der Waals surface area contributed by atoms with Crippen LogP contribution in [-0.4, -0.2) is 24.6 Å². The van der Waals surface area contributed by atoms with Gasteiger partial charge in [0, 0.05) is 13.6 Å². The van der Waals surface area contributed by atoms with E-state index in [1.807, 2.05) is 24.1 Å². The molecule has 0 saturated carbocycles. The topological polar surface area (TPSA) is 55.6 Å². The maximum Gasteiger partial charge on any atom is 0.360 e. The van der Waals surface area contributed by atoms with E-state index in [4.69, 9.17) is 9.15 Å². The molecule has 0 N–H and O–H groups in total. The predicted octanol–water partition coefficient (Wildman–Crippen LogP) is 2.80. The zero-order valence-corrected chi connectivity index (χ0v) is 11.9. The second-order valence-corrected chi connectivity index (χ2v) is 4.52. The number of hydrogen-bond donors (Lipinski definition) is 0. The number of hydrogen-bond acceptors (Lipinski definition) is 5. The number of carbonyl (C=O) groups is 1. The van der Waals surface area contributed by atoms with Crippen LogP contribution in [0.3, 0.4) is 0 Å². The Morgan fingerprint density at radius 2 is 2.15 bits per heavy atom. The molecular weight excluding hydrogens is 256 g/mol. The van der Waals surface area contributed by atoms with Crippen LogP contribution in [0.5, 0.6) is 0 Å². The summed E-state index contributed by atoms with van der Waals surface area (Å²) in [7, 11) is 1.87. The molecule has 0 spiro atoms. The van der Waals surface area contributed by atoms with E-state index in [2.05, 4.69) is 24.0 Å². The highest BCUT2D eigenvalue weighted by Gasteiger charge is 2.16. The lowest BCUT2D eigenvalue weighted by molar-refractivity contribution is 0.0519. The Bertz CT molecular complexity index is 592. The van der Waals surface area contributed by atoms with E-state index in [1.165, 1.54) is 17.4 Å². The molecule has 1 aromatic carbocycles. The van der Waals surface area contributed by atoms with Gasteiger partial charge in [0.1, 0.15) is 6.26 Å². The van der Waals surface area contributed by atoms with Crippen LogP contribution >= 0.6 is 0 Å². The summed E-state index contributed by atoms with van der Waals surface area (Å²) in [5, 5.41) is 0. The smallest absolute Gasteiger partial charge is 0.360 e. The minimum absolute atomic E-state index is 0.193. The fourth-order valence-corrected chi connectivity index (χ4v) is 1.85. The average molecular weight is 274 g/mol. The predicted molar refractivity (Wildman–Crippen MR) is 75.7 cm³/mol. The normalized spacial score (nSPS) is 10.3. The minimum atomic E-state index is -0.466. The maximum atomic E-state index is 11.5. The van der Waals surface area contributed by atoms with Crippen LogP contribution in [0.4, 0.5) is 6.01 Å². The maximum absolute atomic E-state index is 11.5. The van der Waals surface area contributed by atoms with Crippen molar-refractivity contribution in [2.75, 3.05) is 18.6 Å². The van der Waals surface area contributed by atoms with Crippen molar-refractivity contribution in [1.82, 2.24) is 4.98 Å². The Hall–Kier alpha value is -2.30. The number of esters is 1. The third-order valence-electron chi connectivity index (χ3n) is 2.97. The lowest BCUT2D eigenvalue weighted by Gasteiger charge is -2.15. The fraction of sp³-hybridized carbons (Fsp3) is 0.333. The molecule has 0 saturated heterocycles. The molecule has 106 valence electrons. The van der Waals surface area contributed by atoms with Gasteiger partial charge in [0.2, 0.25) is 0 Å². The fourth-order valence-electron chi connectivity index (χ4n) is 1.85. The van der Waals surface area contributed by atoms with Crippen molar-refractivity contribution >= 4 is 12.0 Å². The van der Waals surface area contributed by atoms with Gasteiger partial charge < -0.3 is 14.1 Å². The molecule has 0 aliphatic rings. The molecule has 0 bridgehead atoms. The molecular formula is C15H18N2O3. The SMILES string of the molecule is CCOC(=O)c1coc(N(C)Cc2ccccc2C)n1. The van der Waals surface area contributed by atoms with Crippen LogP contribution in [0.2, 0.25) is 0 Å². The molecule has 5 heteroatoms. The van der Waals surface area contributed by atoms with Gasteiger partial charge in [-0.25, -0.2) is 4.79 Å². The highest BCUT2D eigenvalue weighted by atomic mass is 16.5. The van der Waals surface area contributed by atoms with E-state index in [-0.39, 0.29) is 5.69 Å². The lowest BCUT2D eigenvalue weighted by atomic mass is 10.1. The van der Waals surface area contributed by atoms with E-state index in [0.29, 0.717) is 19.2 Å². The molecule has 5 nitrogen and oxygen atoms in total. The first-order valence-corrected chi connectivity index (χ1v) is 6.50. The van der Waals surface area contributed by atoms with Gasteiger partial charge >= 0.3 is 5.97 Å². The van der Waals surface area contributed by atoms with Crippen LogP contribution < -0.4 is 4.90 Å². The Balaban J connectivity index is 2.08. The number of carbonyl (C=O) groups excluding carboxylic acids is 1. The number of aryl methyl sites for hydroxylation is 1. The third-order valence-corrected chi connectivity index (χ3v) is 2.97. The van der Waals surface area contributed by atoms with Crippen LogP contribution in [-0.2, 0) is 11.3 Å². The van der Waals surface area contributed by atoms with Crippen molar-refractivity contribution in [2.45, 2.75) is 20.4 Å². The van der Waals surface area contributed by atoms with Crippen LogP contribution in [0, 0.1) is 6.92 Å². The minimum Gasteiger partial charge on any atom is -0.461 e. The molecule has 0 aliphatic heterocycles. The standard InChI is InChI=1S/C15H18N2O3/c1-4-19-14(18)13-10-20-15(16-13)17(3)9-12-8-6-5-7-11(12)2/h5-8,10H,4,9H2,1-3H3. The molecule has 0 aliphatic carbocycles. The van der Waals surface area contributed by atoms with Crippen molar-refractivity contribution in [3.63, 3.8) is 0 Å². The average Bonchev–Trinajstić information content (AvgIpc) is 2.91. The number of ether oxygens (including phenoxy) is 1. The van der Waals surface area contributed by atoms with Crippen LogP contribution in [0.15, 0.2) is 34.9 Å². The molecule has 20 heavy (non-hydrogen) atoms. The van der Waals surface area contributed by atoms with Gasteiger partial charge in [-0.2, -0.15) is 4.98 Å². The second kappa shape index (κ2) is 6.23. The Morgan fingerprint density at radius 3 is 2.85 bits per heavy atom. The van der Waals surface area contributed by atoms with E-state index in [1.54, 1.807) is 6.92 Å². The van der Waals surface area contributed by atoms with Gasteiger partial charge in [0.15, 0.2) is 5.69 Å². The molecule has 0 fully saturated rings. The van der Waals surface area contributed by atoms with Gasteiger partial charge in [-0.05, 0) is 25.0 Å². The second-order valence-electron chi connectivity index (χ2n) is 4.52. The van der Waals surface area contributed by atoms with Crippen molar-refractivity contribution in [3.05, 3.63) is 47.3 Å². The summed E-state index contributed by atoms with van der Waals surface area (Å²) in [5.74, 6) is -0.466. The Labute approximate surface area is 118 Å². The number of benzene rings is 1. The summed E-state index contributed by atoms with van der Waals surface area (Å²) >= 11 is 0. The number of nitrogens with zero attached hydrogens (tertiary/aromatic N) is 2. The van der Waals surface area contributed by atoms with Gasteiger partial charge in [0.25, 0.3) is 6.01 Å². The molecule has 0 atom stereocenters. The van der Waals surface area contributed by atoms with Gasteiger partial charge in [-0.1, -0.05) is 24.3 Å². The summed E-state index contributed by atoms with van der Waals surface area (Å²) in [6.45, 7) is 4.79. The van der Waals surface area contributed by atoms with Crippen molar-refractivity contribution in [2.24, 2.45) is 0 Å². The summed E-state index contributed by atoms with van der Waals surface area (Å²) < 4.78 is 10.2. The monoisotopic (exact) mass is 274 g/mol. The molecule has 1 aromatic heterocycles. The van der Waals surface area contributed by atoms with E-state index in [9.17, 15) is 4.79 Å². The molecule has 0 radical (unpaired) electrons. The van der Waals surface area contributed by atoms with E-state index >= 15 is 0 Å². The summed E-state index contributed by atoms with van der Waals surface area (Å²) in [6.07, 6.45) is 1.32. The van der Waals surface area contributed by atoms with E-state index in [0.717, 1.165) is 0 Å². The van der Waals surface area contributed by atoms with Crippen molar-refractivity contribution < 1.29 is 13.9 Å². The zero-order chi connectivity index (χ0) is 14.5. The first-order chi connectivity index (χ1) is 9.61. The Morgan fingerprint density at radius 1 is 1.40 bits per heavy atom. The Kier molecular flexibility index (Phi) is 4.40.